The Bertz CT molecular complexity index is 802. The average Bonchev–Trinajstić information content (AvgIpc) is 2.93. The summed E-state index contributed by atoms with van der Waals surface area (Å²) in [6.45, 7) is 0. The lowest BCUT2D eigenvalue weighted by Crippen LogP contribution is -2.17. The van der Waals surface area contributed by atoms with Crippen molar-refractivity contribution in [2.45, 2.75) is 12.3 Å². The van der Waals surface area contributed by atoms with E-state index in [-0.39, 0.29) is 6.42 Å². The van der Waals surface area contributed by atoms with E-state index >= 15 is 0 Å². The average molecular weight is 303 g/mol. The van der Waals surface area contributed by atoms with Crippen molar-refractivity contribution in [3.63, 3.8) is 0 Å². The minimum atomic E-state index is -0.960. The Hall–Kier alpha value is -2.47. The van der Waals surface area contributed by atoms with Crippen LogP contribution >= 0.6 is 11.6 Å². The summed E-state index contributed by atoms with van der Waals surface area (Å²) in [6.07, 6.45) is 5.02. The van der Waals surface area contributed by atoms with Crippen molar-refractivity contribution in [1.82, 2.24) is 19.6 Å². The van der Waals surface area contributed by atoms with Gasteiger partial charge in [0.15, 0.2) is 5.65 Å². The van der Waals surface area contributed by atoms with Gasteiger partial charge in [-0.25, -0.2) is 0 Å². The molecule has 2 aromatic heterocycles. The molecule has 3 aromatic rings. The van der Waals surface area contributed by atoms with Gasteiger partial charge in [-0.2, -0.15) is 0 Å². The van der Waals surface area contributed by atoms with Crippen LogP contribution in [-0.4, -0.2) is 30.7 Å². The van der Waals surface area contributed by atoms with E-state index in [2.05, 4.69) is 15.2 Å². The Morgan fingerprint density at radius 2 is 2.29 bits per heavy atom. The van der Waals surface area contributed by atoms with Gasteiger partial charge in [0.25, 0.3) is 0 Å². The van der Waals surface area contributed by atoms with Gasteiger partial charge >= 0.3 is 5.97 Å². The number of hydrogen-bond acceptors (Lipinski definition) is 4. The number of benzene rings is 1. The molecule has 0 saturated heterocycles. The summed E-state index contributed by atoms with van der Waals surface area (Å²) >= 11 is 5.94. The molecule has 0 bridgehead atoms. The largest absolute Gasteiger partial charge is 0.481 e. The van der Waals surface area contributed by atoms with Gasteiger partial charge in [0, 0.05) is 17.4 Å². The molecule has 3 rings (SSSR count). The van der Waals surface area contributed by atoms with Crippen LogP contribution in [0.3, 0.4) is 0 Å². The van der Waals surface area contributed by atoms with Crippen LogP contribution in [0, 0.1) is 0 Å². The van der Waals surface area contributed by atoms with Gasteiger partial charge in [0.05, 0.1) is 0 Å². The summed E-state index contributed by atoms with van der Waals surface area (Å²) in [5.41, 5.74) is 1.67. The maximum absolute atomic E-state index is 11.6. The van der Waals surface area contributed by atoms with E-state index in [9.17, 15) is 9.90 Å². The number of aromatic nitrogens is 4. The first-order chi connectivity index (χ1) is 10.1. The highest BCUT2D eigenvalue weighted by molar-refractivity contribution is 6.30. The first-order valence-electron chi connectivity index (χ1n) is 6.26. The van der Waals surface area contributed by atoms with Gasteiger partial charge in [-0.05, 0) is 24.1 Å². The van der Waals surface area contributed by atoms with E-state index in [0.29, 0.717) is 16.4 Å². The van der Waals surface area contributed by atoms with Crippen molar-refractivity contribution in [2.75, 3.05) is 0 Å². The van der Waals surface area contributed by atoms with Crippen LogP contribution in [0.15, 0.2) is 43.0 Å². The van der Waals surface area contributed by atoms with Gasteiger partial charge in [-0.15, -0.1) is 10.2 Å². The quantitative estimate of drug-likeness (QED) is 0.799. The standard InChI is InChI=1S/C14H11ClN4O2/c15-10-3-1-2-9(6-10)7-11(14(20)21)12-13-18-17-8-19(13)5-4-16-12/h1-6,8,11H,7H2,(H,20,21). The Morgan fingerprint density at radius 3 is 3.05 bits per heavy atom. The number of carboxylic acid groups (broad SMARTS) is 1. The Morgan fingerprint density at radius 1 is 1.43 bits per heavy atom. The monoisotopic (exact) mass is 302 g/mol. The number of hydrogen-bond donors (Lipinski definition) is 1. The Labute approximate surface area is 125 Å². The van der Waals surface area contributed by atoms with Crippen LogP contribution in [0.2, 0.25) is 5.02 Å². The number of carboxylic acids is 1. The number of nitrogens with zero attached hydrogens (tertiary/aromatic N) is 4. The van der Waals surface area contributed by atoms with Crippen molar-refractivity contribution in [3.8, 4) is 0 Å². The molecule has 2 heterocycles. The zero-order valence-corrected chi connectivity index (χ0v) is 11.6. The topological polar surface area (TPSA) is 80.4 Å². The Balaban J connectivity index is 2.02. The van der Waals surface area contributed by atoms with Crippen LogP contribution in [-0.2, 0) is 11.2 Å². The molecular formula is C14H11ClN4O2. The number of aliphatic carboxylic acids is 1. The van der Waals surface area contributed by atoms with Crippen molar-refractivity contribution >= 4 is 23.2 Å². The first kappa shape index (κ1) is 13.5. The molecule has 0 aliphatic heterocycles. The summed E-state index contributed by atoms with van der Waals surface area (Å²) < 4.78 is 1.65. The number of carbonyl (C=O) groups is 1. The lowest BCUT2D eigenvalue weighted by Gasteiger charge is -2.12. The minimum Gasteiger partial charge on any atom is -0.481 e. The molecule has 0 aliphatic carbocycles. The molecule has 106 valence electrons. The zero-order valence-electron chi connectivity index (χ0n) is 10.8. The van der Waals surface area contributed by atoms with Gasteiger partial charge in [-0.1, -0.05) is 23.7 Å². The van der Waals surface area contributed by atoms with Crippen LogP contribution < -0.4 is 0 Å². The lowest BCUT2D eigenvalue weighted by atomic mass is 9.96. The second-order valence-corrected chi connectivity index (χ2v) is 5.04. The van der Waals surface area contributed by atoms with Crippen LogP contribution in [0.1, 0.15) is 17.2 Å². The fourth-order valence-corrected chi connectivity index (χ4v) is 2.44. The third-order valence-corrected chi connectivity index (χ3v) is 3.44. The highest BCUT2D eigenvalue weighted by Crippen LogP contribution is 2.23. The van der Waals surface area contributed by atoms with Gasteiger partial charge in [0.2, 0.25) is 0 Å². The van der Waals surface area contributed by atoms with Crippen molar-refractivity contribution in [2.24, 2.45) is 0 Å². The van der Waals surface area contributed by atoms with Gasteiger partial charge in [-0.3, -0.25) is 14.2 Å². The van der Waals surface area contributed by atoms with E-state index in [0.717, 1.165) is 5.56 Å². The molecule has 0 saturated carbocycles. The predicted octanol–water partition coefficient (Wildman–Crippen LogP) is 2.19. The second kappa shape index (κ2) is 5.49. The van der Waals surface area contributed by atoms with E-state index in [4.69, 9.17) is 11.6 Å². The molecule has 1 atom stereocenters. The summed E-state index contributed by atoms with van der Waals surface area (Å²) in [6, 6.07) is 7.13. The molecule has 0 aliphatic rings. The van der Waals surface area contributed by atoms with Crippen LogP contribution in [0.25, 0.3) is 5.65 Å². The van der Waals surface area contributed by atoms with E-state index in [1.807, 2.05) is 6.07 Å². The van der Waals surface area contributed by atoms with Crippen molar-refractivity contribution in [3.05, 3.63) is 59.3 Å². The molecule has 0 radical (unpaired) electrons. The maximum atomic E-state index is 11.6. The molecule has 1 N–H and O–H groups in total. The SMILES string of the molecule is O=C(O)C(Cc1cccc(Cl)c1)c1nccn2cnnc12. The van der Waals surface area contributed by atoms with Crippen LogP contribution in [0.4, 0.5) is 0 Å². The number of rotatable bonds is 4. The summed E-state index contributed by atoms with van der Waals surface area (Å²) in [5.74, 6) is -1.77. The number of fused-ring (bicyclic) bond motifs is 1. The van der Waals surface area contributed by atoms with Crippen molar-refractivity contribution in [1.29, 1.82) is 0 Å². The molecular weight excluding hydrogens is 292 g/mol. The molecule has 1 aromatic carbocycles. The van der Waals surface area contributed by atoms with E-state index < -0.39 is 11.9 Å². The zero-order chi connectivity index (χ0) is 14.8. The Kier molecular flexibility index (Phi) is 3.53. The third-order valence-electron chi connectivity index (χ3n) is 3.20. The molecule has 6 nitrogen and oxygen atoms in total. The minimum absolute atomic E-state index is 0.287. The van der Waals surface area contributed by atoms with E-state index in [1.165, 1.54) is 6.33 Å². The molecule has 0 fully saturated rings. The molecule has 0 amide bonds. The molecule has 7 heteroatoms. The second-order valence-electron chi connectivity index (χ2n) is 4.60. The highest BCUT2D eigenvalue weighted by Gasteiger charge is 2.25. The molecule has 21 heavy (non-hydrogen) atoms. The summed E-state index contributed by atoms with van der Waals surface area (Å²) in [7, 11) is 0. The summed E-state index contributed by atoms with van der Waals surface area (Å²) in [5, 5.41) is 17.8. The normalized spacial score (nSPS) is 12.4. The fraction of sp³-hybridized carbons (Fsp3) is 0.143. The summed E-state index contributed by atoms with van der Waals surface area (Å²) in [4.78, 5) is 15.8. The van der Waals surface area contributed by atoms with Gasteiger partial charge < -0.3 is 5.11 Å². The van der Waals surface area contributed by atoms with Crippen LogP contribution in [0.5, 0.6) is 0 Å². The third kappa shape index (κ3) is 2.71. The van der Waals surface area contributed by atoms with E-state index in [1.54, 1.807) is 35.0 Å². The van der Waals surface area contributed by atoms with Gasteiger partial charge in [0.1, 0.15) is 17.9 Å². The number of halogens is 1. The maximum Gasteiger partial charge on any atom is 0.313 e. The smallest absolute Gasteiger partial charge is 0.313 e. The predicted molar refractivity (Wildman–Crippen MR) is 76.3 cm³/mol. The molecule has 1 unspecified atom stereocenters. The molecule has 0 spiro atoms. The highest BCUT2D eigenvalue weighted by atomic mass is 35.5. The first-order valence-corrected chi connectivity index (χ1v) is 6.64. The fourth-order valence-electron chi connectivity index (χ4n) is 2.22. The lowest BCUT2D eigenvalue weighted by molar-refractivity contribution is -0.138. The van der Waals surface area contributed by atoms with Crippen molar-refractivity contribution < 1.29 is 9.90 Å².